The maximum atomic E-state index is 6.18. The second-order valence-corrected chi connectivity index (χ2v) is 30.8. The van der Waals surface area contributed by atoms with Gasteiger partial charge in [-0.25, -0.2) is 25.0 Å². The van der Waals surface area contributed by atoms with Gasteiger partial charge in [0.1, 0.15) is 0 Å². The van der Waals surface area contributed by atoms with Crippen molar-refractivity contribution in [1.82, 2.24) is 56.4 Å². The average Bonchev–Trinajstić information content (AvgIpc) is 3.29. The zero-order valence-electron chi connectivity index (χ0n) is 55.7. The summed E-state index contributed by atoms with van der Waals surface area (Å²) in [4.78, 5) is 31.0. The summed E-state index contributed by atoms with van der Waals surface area (Å²) < 4.78 is 0. The number of rotatable bonds is 21. The fraction of sp³-hybridized carbons (Fsp3) is 0.937. The molecular weight excluding hydrogens is 981 g/mol. The second kappa shape index (κ2) is 27.3. The van der Waals surface area contributed by atoms with E-state index in [4.69, 9.17) is 20.0 Å². The van der Waals surface area contributed by atoms with Crippen LogP contribution >= 0.6 is 0 Å². The molecule has 4 saturated heterocycles. The zero-order chi connectivity index (χ0) is 59.0. The highest BCUT2D eigenvalue weighted by Crippen LogP contribution is 2.39. The summed E-state index contributed by atoms with van der Waals surface area (Å²) in [7, 11) is 4.27. The fourth-order valence-corrected chi connectivity index (χ4v) is 15.4. The number of quaternary nitrogens is 1. The fourth-order valence-electron chi connectivity index (χ4n) is 15.4. The van der Waals surface area contributed by atoms with Gasteiger partial charge in [0.05, 0.1) is 23.2 Å². The number of hydrogen-bond acceptors (Lipinski definition) is 11. The molecule has 1 atom stereocenters. The highest BCUT2D eigenvalue weighted by atomic mass is 15.8. The number of nitrogens with one attached hydrogen (secondary N) is 5. The first-order valence-electron chi connectivity index (χ1n) is 32.2. The molecule has 0 aromatic heterocycles. The first-order chi connectivity index (χ1) is 36.6. The minimum Gasteiger partial charge on any atom is -0.343 e. The third kappa shape index (κ3) is 19.7. The molecule has 4 fully saturated rings. The molecule has 0 radical (unpaired) electrons. The number of nitrogens with zero attached hydrogens (tertiary/aromatic N) is 10. The Labute approximate surface area is 486 Å². The van der Waals surface area contributed by atoms with Gasteiger partial charge in [-0.05, 0) is 181 Å². The molecule has 5 heterocycles. The molecule has 16 heteroatoms. The van der Waals surface area contributed by atoms with Crippen molar-refractivity contribution >= 4 is 23.8 Å². The molecule has 0 aromatic rings. The molecule has 0 amide bonds. The molecule has 0 bridgehead atoms. The Hall–Kier alpha value is -2.76. The predicted octanol–water partition coefficient (Wildman–Crippen LogP) is 10.00. The maximum absolute atomic E-state index is 6.18. The van der Waals surface area contributed by atoms with Crippen molar-refractivity contribution in [2.45, 2.75) is 336 Å². The van der Waals surface area contributed by atoms with Crippen molar-refractivity contribution in [1.29, 1.82) is 0 Å². The summed E-state index contributed by atoms with van der Waals surface area (Å²) in [5, 5.41) is 26.7. The molecule has 0 aromatic carbocycles. The summed E-state index contributed by atoms with van der Waals surface area (Å²) >= 11 is 0. The van der Waals surface area contributed by atoms with Crippen LogP contribution < -0.4 is 32.0 Å². The predicted molar refractivity (Wildman–Crippen MR) is 338 cm³/mol. The standard InChI is InChI=1S/C63H126N16/c1-24-29-34-75(35-30-25-2)52-66-53(76(36-31-26-3)37-32-27-4)68-54(67-52)78(49-43-60(14,15)72-61(16,17)44-49)79(50-45-62(18,19)73-63(20,21)46-50)55(69-74(23)47-39-56(6,7)70-57(8,9)40-47)65-51(64-22)77(38-33-28-5)48-41-58(10,11)71-59(12,13)42-48/h47-50,52,70-73H,24-46H2,1-23H3,(H,64,65,69)(H,66,67,68)/p+1. The van der Waals surface area contributed by atoms with Crippen LogP contribution in [0.4, 0.5) is 0 Å². The second-order valence-electron chi connectivity index (χ2n) is 30.8. The van der Waals surface area contributed by atoms with E-state index in [-0.39, 0.29) is 74.8 Å². The monoisotopic (exact) mass is 1110 g/mol. The van der Waals surface area contributed by atoms with Gasteiger partial charge in [0.2, 0.25) is 30.1 Å². The van der Waals surface area contributed by atoms with E-state index in [1.807, 2.05) is 7.05 Å². The van der Waals surface area contributed by atoms with Crippen molar-refractivity contribution < 1.29 is 5.32 Å². The molecule has 7 N–H and O–H groups in total. The number of hydrogen-bond donors (Lipinski definition) is 6. The molecule has 458 valence electrons. The van der Waals surface area contributed by atoms with Crippen LogP contribution in [-0.2, 0) is 0 Å². The maximum Gasteiger partial charge on any atom is 0.236 e. The van der Waals surface area contributed by atoms with E-state index in [0.717, 1.165) is 172 Å². The summed E-state index contributed by atoms with van der Waals surface area (Å²) in [5.74, 6) is 3.41. The Bertz CT molecular complexity index is 1950. The molecule has 79 heavy (non-hydrogen) atoms. The van der Waals surface area contributed by atoms with Crippen molar-refractivity contribution in [3.05, 3.63) is 0 Å². The van der Waals surface area contributed by atoms with E-state index in [9.17, 15) is 0 Å². The van der Waals surface area contributed by atoms with Gasteiger partial charge < -0.3 is 31.1 Å². The lowest BCUT2D eigenvalue weighted by atomic mass is 9.78. The number of piperidine rings is 4. The minimum atomic E-state index is -0.383. The molecule has 0 saturated carbocycles. The van der Waals surface area contributed by atoms with E-state index in [0.29, 0.717) is 0 Å². The van der Waals surface area contributed by atoms with Gasteiger partial charge in [0, 0.05) is 105 Å². The lowest BCUT2D eigenvalue weighted by Crippen LogP contribution is -3.06. The number of unbranched alkanes of at least 4 members (excludes halogenated alkanes) is 5. The van der Waals surface area contributed by atoms with Crippen molar-refractivity contribution in [3.63, 3.8) is 0 Å². The Morgan fingerprint density at radius 3 is 1.34 bits per heavy atom. The molecule has 16 nitrogen and oxygen atoms in total. The van der Waals surface area contributed by atoms with Crippen molar-refractivity contribution in [2.24, 2.45) is 20.0 Å². The van der Waals surface area contributed by atoms with Crippen LogP contribution in [-0.4, -0.2) is 175 Å². The lowest BCUT2D eigenvalue weighted by Gasteiger charge is -2.57. The van der Waals surface area contributed by atoms with Gasteiger partial charge in [-0.2, -0.15) is 4.99 Å². The largest absolute Gasteiger partial charge is 0.343 e. The quantitative estimate of drug-likeness (QED) is 0.0371. The zero-order valence-corrected chi connectivity index (χ0v) is 55.7. The minimum absolute atomic E-state index is 0.00337. The molecule has 0 aliphatic carbocycles. The van der Waals surface area contributed by atoms with Gasteiger partial charge in [0.15, 0.2) is 0 Å². The molecule has 5 rings (SSSR count). The summed E-state index contributed by atoms with van der Waals surface area (Å²) in [6, 6.07) is 0.487. The normalized spacial score (nSPS) is 25.2. The number of hydrazine groups is 2. The average molecular weight is 1110 g/mol. The number of nitrogens with two attached hydrogens (primary N) is 1. The Balaban J connectivity index is 1.94. The highest BCUT2D eigenvalue weighted by Gasteiger charge is 2.51. The van der Waals surface area contributed by atoms with Crippen LogP contribution in [0.5, 0.6) is 0 Å². The first-order valence-corrected chi connectivity index (χ1v) is 32.2. The van der Waals surface area contributed by atoms with Crippen molar-refractivity contribution in [2.75, 3.05) is 46.8 Å². The molecule has 5 aliphatic heterocycles. The molecular formula is C63H127N16+. The Kier molecular flexibility index (Phi) is 23.2. The number of guanidine groups is 4. The van der Waals surface area contributed by atoms with Gasteiger partial charge >= 0.3 is 0 Å². The van der Waals surface area contributed by atoms with Crippen LogP contribution in [0.2, 0.25) is 0 Å². The van der Waals surface area contributed by atoms with Crippen LogP contribution in [0.25, 0.3) is 0 Å². The topological polar surface area (TPSA) is 146 Å². The van der Waals surface area contributed by atoms with Crippen LogP contribution in [0, 0.1) is 0 Å². The smallest absolute Gasteiger partial charge is 0.236 e. The van der Waals surface area contributed by atoms with Gasteiger partial charge in [-0.3, -0.25) is 20.6 Å². The first kappa shape index (κ1) is 67.0. The lowest BCUT2D eigenvalue weighted by molar-refractivity contribution is -0.788. The Morgan fingerprint density at radius 1 is 0.519 bits per heavy atom. The van der Waals surface area contributed by atoms with Gasteiger partial charge in [-0.15, -0.1) is 0 Å². The van der Waals surface area contributed by atoms with E-state index >= 15 is 0 Å². The van der Waals surface area contributed by atoms with Crippen LogP contribution in [0.3, 0.4) is 0 Å². The molecule has 5 aliphatic rings. The van der Waals surface area contributed by atoms with Crippen LogP contribution in [0.15, 0.2) is 20.0 Å². The van der Waals surface area contributed by atoms with E-state index in [1.54, 1.807) is 0 Å². The van der Waals surface area contributed by atoms with Gasteiger partial charge in [0.25, 0.3) is 0 Å². The molecule has 0 spiro atoms. The van der Waals surface area contributed by atoms with Gasteiger partial charge in [-0.1, -0.05) is 66.7 Å². The highest BCUT2D eigenvalue weighted by molar-refractivity contribution is 6.02. The third-order valence-electron chi connectivity index (χ3n) is 17.3. The summed E-state index contributed by atoms with van der Waals surface area (Å²) in [5.41, 5.74) is 3.49. The third-order valence-corrected chi connectivity index (χ3v) is 17.3. The summed E-state index contributed by atoms with van der Waals surface area (Å²) in [6.45, 7) is 54.6. The SMILES string of the molecule is CCCCN(CCCC)C1=NC(N(CCCC)CCCC)N=C(N(C2CC(C)(C)NC(C)(C)C2)N(C(=NC(=NC)N(CCCC)C2CC(C)(C)NC(C)(C)C2)NN(C)C2CC(C)(C)[NH2+]C(C)(C)C2)C2CC(C)(C)NC(C)(C)C2)N1. The van der Waals surface area contributed by atoms with E-state index in [1.165, 1.54) is 0 Å². The molecule has 1 unspecified atom stereocenters. The van der Waals surface area contributed by atoms with E-state index < -0.39 is 0 Å². The van der Waals surface area contributed by atoms with Crippen LogP contribution in [0.1, 0.15) is 261 Å². The van der Waals surface area contributed by atoms with E-state index in [2.05, 4.69) is 214 Å². The Morgan fingerprint density at radius 2 is 0.911 bits per heavy atom. The summed E-state index contributed by atoms with van der Waals surface area (Å²) in [6.07, 6.45) is 18.3. The van der Waals surface area contributed by atoms with Crippen molar-refractivity contribution in [3.8, 4) is 0 Å². The number of aliphatic imine (C=N–C) groups is 4.